The first kappa shape index (κ1) is 14.6. The molecule has 0 aliphatic heterocycles. The smallest absolute Gasteiger partial charge is 0.245 e. The molecule has 0 N–H and O–H groups in total. The topological polar surface area (TPSA) is 32.8 Å². The average Bonchev–Trinajstić information content (AvgIpc) is 2.94. The summed E-state index contributed by atoms with van der Waals surface area (Å²) in [5, 5.41) is 10.7. The van der Waals surface area contributed by atoms with Crippen molar-refractivity contribution in [2.24, 2.45) is 0 Å². The lowest BCUT2D eigenvalue weighted by Crippen LogP contribution is -2.17. The molecule has 0 aliphatic rings. The van der Waals surface area contributed by atoms with E-state index in [0.717, 1.165) is 15.8 Å². The van der Waals surface area contributed by atoms with Gasteiger partial charge in [0.1, 0.15) is 0 Å². The van der Waals surface area contributed by atoms with E-state index in [-0.39, 0.29) is 5.56 Å². The molecule has 21 heavy (non-hydrogen) atoms. The molecule has 0 spiro atoms. The summed E-state index contributed by atoms with van der Waals surface area (Å²) in [6.07, 6.45) is 0. The number of rotatable bonds is 3. The molecule has 1 radical (unpaired) electrons. The highest BCUT2D eigenvalue weighted by atomic mass is 79.9. The van der Waals surface area contributed by atoms with Gasteiger partial charge in [-0.15, -0.1) is 11.3 Å². The second-order valence-electron chi connectivity index (χ2n) is 4.61. The van der Waals surface area contributed by atoms with Crippen molar-refractivity contribution in [1.82, 2.24) is 4.98 Å². The van der Waals surface area contributed by atoms with E-state index in [0.29, 0.717) is 10.0 Å². The predicted octanol–water partition coefficient (Wildman–Crippen LogP) is 5.25. The highest BCUT2D eigenvalue weighted by Gasteiger charge is 2.32. The van der Waals surface area contributed by atoms with Gasteiger partial charge in [0, 0.05) is 10.0 Å². The molecule has 1 heterocycles. The van der Waals surface area contributed by atoms with Gasteiger partial charge in [0.15, 0.2) is 6.61 Å². The van der Waals surface area contributed by atoms with Crippen molar-refractivity contribution >= 4 is 37.5 Å². The summed E-state index contributed by atoms with van der Waals surface area (Å²) in [7, 11) is 0. The average molecular weight is 369 g/mol. The second-order valence-corrected chi connectivity index (χ2v) is 6.41. The van der Waals surface area contributed by atoms with Gasteiger partial charge in [0.25, 0.3) is 5.92 Å². The van der Waals surface area contributed by atoms with Crippen LogP contribution in [0.4, 0.5) is 8.78 Å². The molecule has 0 atom stereocenters. The van der Waals surface area contributed by atoms with Gasteiger partial charge in [-0.3, -0.25) is 0 Å². The Morgan fingerprint density at radius 1 is 1.14 bits per heavy atom. The van der Waals surface area contributed by atoms with Crippen molar-refractivity contribution in [3.63, 3.8) is 0 Å². The Labute approximate surface area is 132 Å². The molecule has 0 fully saturated rings. The van der Waals surface area contributed by atoms with E-state index in [2.05, 4.69) is 20.9 Å². The van der Waals surface area contributed by atoms with E-state index in [4.69, 9.17) is 0 Å². The largest absolute Gasteiger partial charge is 0.299 e. The van der Waals surface area contributed by atoms with E-state index in [9.17, 15) is 13.9 Å². The van der Waals surface area contributed by atoms with Crippen LogP contribution in [0.5, 0.6) is 0 Å². The van der Waals surface area contributed by atoms with Crippen molar-refractivity contribution in [2.75, 3.05) is 6.61 Å². The minimum atomic E-state index is -3.37. The van der Waals surface area contributed by atoms with Crippen LogP contribution >= 0.6 is 27.3 Å². The minimum absolute atomic E-state index is 0.272. The maximum absolute atomic E-state index is 13.6. The lowest BCUT2D eigenvalue weighted by molar-refractivity contribution is -0.0783. The summed E-state index contributed by atoms with van der Waals surface area (Å²) in [6.45, 7) is -1.46. The fourth-order valence-corrected chi connectivity index (χ4v) is 3.30. The summed E-state index contributed by atoms with van der Waals surface area (Å²) in [6, 6.07) is 10.0. The van der Waals surface area contributed by atoms with E-state index in [1.54, 1.807) is 11.6 Å². The van der Waals surface area contributed by atoms with E-state index < -0.39 is 12.5 Å². The molecule has 0 bridgehead atoms. The molecule has 0 aliphatic carbocycles. The molecule has 0 unspecified atom stereocenters. The molecule has 0 saturated heterocycles. The van der Waals surface area contributed by atoms with Gasteiger partial charge in [0.05, 0.1) is 15.7 Å². The quantitative estimate of drug-likeness (QED) is 0.621. The summed E-state index contributed by atoms with van der Waals surface area (Å²) in [5.74, 6) is -3.37. The molecule has 1 aromatic heterocycles. The van der Waals surface area contributed by atoms with Gasteiger partial charge in [-0.05, 0) is 41.5 Å². The molecule has 2 aromatic carbocycles. The highest BCUT2D eigenvalue weighted by molar-refractivity contribution is 9.10. The van der Waals surface area contributed by atoms with Gasteiger partial charge in [-0.2, -0.15) is 8.78 Å². The maximum Gasteiger partial charge on any atom is 0.299 e. The standard InChI is InChI=1S/C15H9BrF2NOS/c16-12-4-10(3-11(6-12)15(17,18)7-20)9-1-2-13-14(5-9)21-8-19-13/h1-6,8H,7H2. The van der Waals surface area contributed by atoms with Crippen LogP contribution in [0.25, 0.3) is 21.3 Å². The summed E-state index contributed by atoms with van der Waals surface area (Å²) in [5.41, 5.74) is 3.81. The van der Waals surface area contributed by atoms with Crippen LogP contribution in [-0.4, -0.2) is 11.6 Å². The van der Waals surface area contributed by atoms with E-state index in [1.165, 1.54) is 23.5 Å². The van der Waals surface area contributed by atoms with Crippen LogP contribution in [-0.2, 0) is 11.0 Å². The van der Waals surface area contributed by atoms with Crippen LogP contribution in [0.15, 0.2) is 46.4 Å². The number of hydrogen-bond donors (Lipinski definition) is 0. The van der Waals surface area contributed by atoms with E-state index >= 15 is 0 Å². The number of fused-ring (bicyclic) bond motifs is 1. The van der Waals surface area contributed by atoms with Crippen LogP contribution in [0, 0.1) is 0 Å². The van der Waals surface area contributed by atoms with Crippen molar-refractivity contribution in [2.45, 2.75) is 5.92 Å². The first-order valence-corrected chi connectivity index (χ1v) is 7.77. The summed E-state index contributed by atoms with van der Waals surface area (Å²) in [4.78, 5) is 4.19. The number of aromatic nitrogens is 1. The minimum Gasteiger partial charge on any atom is -0.245 e. The molecular formula is C15H9BrF2NOS. The zero-order chi connectivity index (χ0) is 15.0. The van der Waals surface area contributed by atoms with Crippen molar-refractivity contribution in [1.29, 1.82) is 0 Å². The Kier molecular flexibility index (Phi) is 3.77. The highest BCUT2D eigenvalue weighted by Crippen LogP contribution is 2.34. The number of thiazole rings is 1. The fraction of sp³-hybridized carbons (Fsp3) is 0.133. The van der Waals surface area contributed by atoms with E-state index in [1.807, 2.05) is 18.2 Å². The normalized spacial score (nSPS) is 12.0. The molecule has 0 amide bonds. The molecular weight excluding hydrogens is 360 g/mol. The van der Waals surface area contributed by atoms with Crippen LogP contribution in [0.2, 0.25) is 0 Å². The Morgan fingerprint density at radius 3 is 2.71 bits per heavy atom. The maximum atomic E-state index is 13.6. The zero-order valence-corrected chi connectivity index (χ0v) is 13.0. The molecule has 3 rings (SSSR count). The van der Waals surface area contributed by atoms with Gasteiger partial charge >= 0.3 is 0 Å². The molecule has 6 heteroatoms. The van der Waals surface area contributed by atoms with Crippen LogP contribution in [0.3, 0.4) is 0 Å². The Morgan fingerprint density at radius 2 is 1.95 bits per heavy atom. The first-order valence-electron chi connectivity index (χ1n) is 6.10. The second kappa shape index (κ2) is 5.44. The molecule has 2 nitrogen and oxygen atoms in total. The van der Waals surface area contributed by atoms with Gasteiger partial charge in [0.2, 0.25) is 0 Å². The lowest BCUT2D eigenvalue weighted by Gasteiger charge is -2.14. The Balaban J connectivity index is 2.13. The van der Waals surface area contributed by atoms with Crippen molar-refractivity contribution in [3.8, 4) is 11.1 Å². The third-order valence-corrected chi connectivity index (χ3v) is 4.42. The van der Waals surface area contributed by atoms with Crippen molar-refractivity contribution in [3.05, 3.63) is 51.9 Å². The molecule has 3 aromatic rings. The Bertz CT molecular complexity index is 803. The van der Waals surface area contributed by atoms with Gasteiger partial charge in [-0.25, -0.2) is 10.1 Å². The summed E-state index contributed by atoms with van der Waals surface area (Å²) < 4.78 is 28.8. The van der Waals surface area contributed by atoms with Crippen molar-refractivity contribution < 1.29 is 13.9 Å². The fourth-order valence-electron chi connectivity index (χ4n) is 2.09. The predicted molar refractivity (Wildman–Crippen MR) is 82.2 cm³/mol. The SMILES string of the molecule is [O]CC(F)(F)c1cc(Br)cc(-c2ccc3ncsc3c2)c1. The third kappa shape index (κ3) is 2.84. The third-order valence-electron chi connectivity index (χ3n) is 3.17. The lowest BCUT2D eigenvalue weighted by atomic mass is 10.0. The number of benzene rings is 2. The first-order chi connectivity index (χ1) is 9.99. The van der Waals surface area contributed by atoms with Gasteiger partial charge < -0.3 is 0 Å². The zero-order valence-electron chi connectivity index (χ0n) is 10.6. The molecule has 0 saturated carbocycles. The van der Waals surface area contributed by atoms with Gasteiger partial charge in [-0.1, -0.05) is 22.0 Å². The van der Waals surface area contributed by atoms with Crippen LogP contribution < -0.4 is 0 Å². The molecule has 107 valence electrons. The number of alkyl halides is 2. The monoisotopic (exact) mass is 368 g/mol. The number of nitrogens with zero attached hydrogens (tertiary/aromatic N) is 1. The number of hydrogen-bond acceptors (Lipinski definition) is 2. The summed E-state index contributed by atoms with van der Waals surface area (Å²) >= 11 is 4.72. The number of halogens is 3. The van der Waals surface area contributed by atoms with Crippen LogP contribution in [0.1, 0.15) is 5.56 Å². The Hall–Kier alpha value is -1.37.